The molecule has 1 N–H and O–H groups in total. The molecule has 2 atom stereocenters. The van der Waals surface area contributed by atoms with Crippen LogP contribution in [0.15, 0.2) is 24.3 Å². The van der Waals surface area contributed by atoms with Gasteiger partial charge in [0.2, 0.25) is 0 Å². The molecule has 0 bridgehead atoms. The lowest BCUT2D eigenvalue weighted by molar-refractivity contribution is 0.223. The lowest BCUT2D eigenvalue weighted by atomic mass is 9.99. The highest BCUT2D eigenvalue weighted by Crippen LogP contribution is 2.27. The molecule has 0 saturated carbocycles. The van der Waals surface area contributed by atoms with E-state index in [-0.39, 0.29) is 0 Å². The van der Waals surface area contributed by atoms with Gasteiger partial charge in [0.15, 0.2) is 0 Å². The van der Waals surface area contributed by atoms with Gasteiger partial charge >= 0.3 is 0 Å². The summed E-state index contributed by atoms with van der Waals surface area (Å²) in [5.74, 6) is 1.90. The van der Waals surface area contributed by atoms with Crippen molar-refractivity contribution in [3.63, 3.8) is 0 Å². The molecule has 2 unspecified atom stereocenters. The molecule has 1 aliphatic heterocycles. The zero-order valence-electron chi connectivity index (χ0n) is 12.3. The standard InChI is InChI=1S/C17H27NO/c1-3-5-8-14(4-2)12-18-13-16-11-15-9-6-7-10-17(15)19-16/h6-7,9-10,14,16,18H,3-5,8,11-13H2,1-2H3. The van der Waals surface area contributed by atoms with E-state index in [1.54, 1.807) is 0 Å². The highest BCUT2D eigenvalue weighted by atomic mass is 16.5. The van der Waals surface area contributed by atoms with Crippen LogP contribution in [0.1, 0.15) is 45.1 Å². The Morgan fingerprint density at radius 3 is 2.89 bits per heavy atom. The first-order chi connectivity index (χ1) is 9.33. The predicted molar refractivity (Wildman–Crippen MR) is 80.7 cm³/mol. The molecular weight excluding hydrogens is 234 g/mol. The van der Waals surface area contributed by atoms with Crippen molar-refractivity contribution in [3.05, 3.63) is 29.8 Å². The Hall–Kier alpha value is -1.02. The van der Waals surface area contributed by atoms with Crippen molar-refractivity contribution in [1.82, 2.24) is 5.32 Å². The second-order valence-corrected chi connectivity index (χ2v) is 5.63. The molecule has 2 heteroatoms. The largest absolute Gasteiger partial charge is 0.488 e. The summed E-state index contributed by atoms with van der Waals surface area (Å²) in [6.45, 7) is 6.66. The van der Waals surface area contributed by atoms with E-state index in [0.717, 1.165) is 31.2 Å². The smallest absolute Gasteiger partial charge is 0.123 e. The van der Waals surface area contributed by atoms with Crippen LogP contribution in [0.25, 0.3) is 0 Å². The quantitative estimate of drug-likeness (QED) is 0.768. The van der Waals surface area contributed by atoms with Crippen LogP contribution in [0.4, 0.5) is 0 Å². The first kappa shape index (κ1) is 14.4. The van der Waals surface area contributed by atoms with Gasteiger partial charge in [0.05, 0.1) is 0 Å². The van der Waals surface area contributed by atoms with Crippen molar-refractivity contribution in [3.8, 4) is 5.75 Å². The van der Waals surface area contributed by atoms with Gasteiger partial charge in [-0.05, 0) is 30.5 Å². The third-order valence-corrected chi connectivity index (χ3v) is 4.06. The number of para-hydroxylation sites is 1. The van der Waals surface area contributed by atoms with Crippen LogP contribution >= 0.6 is 0 Å². The lowest BCUT2D eigenvalue weighted by Crippen LogP contribution is -2.33. The second-order valence-electron chi connectivity index (χ2n) is 5.63. The summed E-state index contributed by atoms with van der Waals surface area (Å²) < 4.78 is 5.94. The molecule has 0 saturated heterocycles. The molecule has 0 spiro atoms. The Labute approximate surface area is 117 Å². The van der Waals surface area contributed by atoms with E-state index >= 15 is 0 Å². The first-order valence-electron chi connectivity index (χ1n) is 7.78. The second kappa shape index (κ2) is 7.54. The van der Waals surface area contributed by atoms with Crippen molar-refractivity contribution in [2.45, 2.75) is 52.1 Å². The molecule has 0 amide bonds. The SMILES string of the molecule is CCCCC(CC)CNCC1Cc2ccccc2O1. The van der Waals surface area contributed by atoms with Gasteiger partial charge in [-0.25, -0.2) is 0 Å². The minimum absolute atomic E-state index is 0.320. The van der Waals surface area contributed by atoms with E-state index in [9.17, 15) is 0 Å². The maximum atomic E-state index is 5.94. The minimum Gasteiger partial charge on any atom is -0.488 e. The van der Waals surface area contributed by atoms with Gasteiger partial charge < -0.3 is 10.1 Å². The van der Waals surface area contributed by atoms with Crippen molar-refractivity contribution < 1.29 is 4.74 Å². The number of hydrogen-bond acceptors (Lipinski definition) is 2. The van der Waals surface area contributed by atoms with Crippen molar-refractivity contribution >= 4 is 0 Å². The molecular formula is C17H27NO. The fourth-order valence-corrected chi connectivity index (χ4v) is 2.76. The van der Waals surface area contributed by atoms with Crippen molar-refractivity contribution in [2.24, 2.45) is 5.92 Å². The minimum atomic E-state index is 0.320. The third-order valence-electron chi connectivity index (χ3n) is 4.06. The summed E-state index contributed by atoms with van der Waals surface area (Å²) in [5.41, 5.74) is 1.35. The average Bonchev–Trinajstić information content (AvgIpc) is 2.85. The molecule has 1 aromatic rings. The normalized spacial score (nSPS) is 18.9. The van der Waals surface area contributed by atoms with Crippen molar-refractivity contribution in [1.29, 1.82) is 0 Å². The van der Waals surface area contributed by atoms with Crippen LogP contribution in [0, 0.1) is 5.92 Å². The number of nitrogens with one attached hydrogen (secondary N) is 1. The summed E-state index contributed by atoms with van der Waals surface area (Å²) in [4.78, 5) is 0. The van der Waals surface area contributed by atoms with E-state index in [4.69, 9.17) is 4.74 Å². The Kier molecular flexibility index (Phi) is 5.71. The fourth-order valence-electron chi connectivity index (χ4n) is 2.76. The number of hydrogen-bond donors (Lipinski definition) is 1. The highest BCUT2D eigenvalue weighted by molar-refractivity contribution is 5.37. The van der Waals surface area contributed by atoms with E-state index < -0.39 is 0 Å². The number of rotatable bonds is 8. The number of ether oxygens (including phenoxy) is 1. The topological polar surface area (TPSA) is 21.3 Å². The maximum Gasteiger partial charge on any atom is 0.123 e. The Bertz CT molecular complexity index is 352. The van der Waals surface area contributed by atoms with Crippen LogP contribution in [0.2, 0.25) is 0 Å². The zero-order valence-corrected chi connectivity index (χ0v) is 12.3. The van der Waals surface area contributed by atoms with E-state index in [2.05, 4.69) is 37.4 Å². The molecule has 0 aromatic heterocycles. The molecule has 0 fully saturated rings. The Morgan fingerprint density at radius 2 is 2.16 bits per heavy atom. The number of benzene rings is 1. The van der Waals surface area contributed by atoms with Gasteiger partial charge in [-0.2, -0.15) is 0 Å². The molecule has 19 heavy (non-hydrogen) atoms. The van der Waals surface area contributed by atoms with E-state index in [0.29, 0.717) is 6.10 Å². The van der Waals surface area contributed by atoms with Crippen molar-refractivity contribution in [2.75, 3.05) is 13.1 Å². The molecule has 0 radical (unpaired) electrons. The predicted octanol–water partition coefficient (Wildman–Crippen LogP) is 3.80. The molecule has 2 nitrogen and oxygen atoms in total. The molecule has 1 aliphatic rings. The lowest BCUT2D eigenvalue weighted by Gasteiger charge is -2.17. The third kappa shape index (κ3) is 4.24. The summed E-state index contributed by atoms with van der Waals surface area (Å²) in [6, 6.07) is 8.39. The van der Waals surface area contributed by atoms with Crippen LogP contribution < -0.4 is 10.1 Å². The van der Waals surface area contributed by atoms with Gasteiger partial charge in [0.25, 0.3) is 0 Å². The number of fused-ring (bicyclic) bond motifs is 1. The fraction of sp³-hybridized carbons (Fsp3) is 0.647. The van der Waals surface area contributed by atoms with E-state index in [1.807, 2.05) is 6.07 Å². The number of unbranched alkanes of at least 4 members (excludes halogenated alkanes) is 1. The monoisotopic (exact) mass is 261 g/mol. The van der Waals surface area contributed by atoms with E-state index in [1.165, 1.54) is 31.2 Å². The highest BCUT2D eigenvalue weighted by Gasteiger charge is 2.21. The van der Waals surface area contributed by atoms with Gasteiger partial charge in [-0.3, -0.25) is 0 Å². The zero-order chi connectivity index (χ0) is 13.5. The maximum absolute atomic E-state index is 5.94. The molecule has 2 rings (SSSR count). The molecule has 1 heterocycles. The van der Waals surface area contributed by atoms with Crippen LogP contribution in [-0.2, 0) is 6.42 Å². The van der Waals surface area contributed by atoms with Gasteiger partial charge in [0, 0.05) is 13.0 Å². The van der Waals surface area contributed by atoms with Crippen LogP contribution in [0.3, 0.4) is 0 Å². The van der Waals surface area contributed by atoms with Gasteiger partial charge in [0.1, 0.15) is 11.9 Å². The molecule has 0 aliphatic carbocycles. The van der Waals surface area contributed by atoms with Crippen LogP contribution in [-0.4, -0.2) is 19.2 Å². The average molecular weight is 261 g/mol. The van der Waals surface area contributed by atoms with Crippen LogP contribution in [0.5, 0.6) is 5.75 Å². The summed E-state index contributed by atoms with van der Waals surface area (Å²) in [6.07, 6.45) is 6.66. The summed E-state index contributed by atoms with van der Waals surface area (Å²) in [5, 5.41) is 3.60. The Morgan fingerprint density at radius 1 is 1.32 bits per heavy atom. The van der Waals surface area contributed by atoms with Gasteiger partial charge in [-0.15, -0.1) is 0 Å². The molecule has 106 valence electrons. The van der Waals surface area contributed by atoms with Gasteiger partial charge in [-0.1, -0.05) is 51.3 Å². The summed E-state index contributed by atoms with van der Waals surface area (Å²) in [7, 11) is 0. The summed E-state index contributed by atoms with van der Waals surface area (Å²) >= 11 is 0. The first-order valence-corrected chi connectivity index (χ1v) is 7.78. The molecule has 1 aromatic carbocycles. The Balaban J connectivity index is 1.67.